The molecule has 1 unspecified atom stereocenters. The lowest BCUT2D eigenvalue weighted by atomic mass is 9.97. The van der Waals surface area contributed by atoms with Gasteiger partial charge in [-0.25, -0.2) is 4.79 Å². The van der Waals surface area contributed by atoms with Crippen LogP contribution < -0.4 is 10.6 Å². The fourth-order valence-corrected chi connectivity index (χ4v) is 2.94. The molecule has 3 aromatic rings. The molecule has 0 aliphatic carbocycles. The number of aromatic nitrogens is 1. The third kappa shape index (κ3) is 4.68. The number of alkyl halides is 3. The zero-order valence-electron chi connectivity index (χ0n) is 15.3. The first-order valence-electron chi connectivity index (χ1n) is 8.77. The second-order valence-corrected chi connectivity index (χ2v) is 6.18. The van der Waals surface area contributed by atoms with Gasteiger partial charge in [-0.2, -0.15) is 13.2 Å². The number of aromatic amines is 1. The van der Waals surface area contributed by atoms with Gasteiger partial charge in [0, 0.05) is 34.0 Å². The summed E-state index contributed by atoms with van der Waals surface area (Å²) in [6.45, 7) is 1.27. The molecule has 3 N–H and O–H groups in total. The van der Waals surface area contributed by atoms with Crippen molar-refractivity contribution >= 4 is 34.3 Å². The molecule has 0 saturated heterocycles. The number of carbonyl (C=O) groups excluding carboxylic acids is 2. The van der Waals surface area contributed by atoms with Crippen molar-refractivity contribution in [2.24, 2.45) is 0 Å². The van der Waals surface area contributed by atoms with Gasteiger partial charge in [0.05, 0.1) is 6.61 Å². The summed E-state index contributed by atoms with van der Waals surface area (Å²) >= 11 is 0. The Hall–Kier alpha value is -3.49. The highest BCUT2D eigenvalue weighted by Gasteiger charge is 2.48. The summed E-state index contributed by atoms with van der Waals surface area (Å²) in [6, 6.07) is 12.6. The van der Waals surface area contributed by atoms with Crippen LogP contribution >= 0.6 is 0 Å². The molecule has 0 aliphatic rings. The normalized spacial score (nSPS) is 12.4. The molecule has 0 bridgehead atoms. The van der Waals surface area contributed by atoms with Gasteiger partial charge in [-0.1, -0.05) is 18.2 Å². The molecule has 0 aliphatic heterocycles. The van der Waals surface area contributed by atoms with Gasteiger partial charge in [0.15, 0.2) is 5.92 Å². The van der Waals surface area contributed by atoms with Gasteiger partial charge in [-0.15, -0.1) is 0 Å². The van der Waals surface area contributed by atoms with E-state index in [1.165, 1.54) is 19.1 Å². The maximum Gasteiger partial charge on any atom is 0.406 e. The average molecular weight is 405 g/mol. The maximum atomic E-state index is 13.5. The zero-order valence-corrected chi connectivity index (χ0v) is 15.3. The number of esters is 1. The van der Waals surface area contributed by atoms with Crippen LogP contribution in [-0.4, -0.2) is 29.8 Å². The van der Waals surface area contributed by atoms with Crippen molar-refractivity contribution in [1.29, 1.82) is 0 Å². The van der Waals surface area contributed by atoms with E-state index in [1.54, 1.807) is 36.4 Å². The standard InChI is InChI=1S/C20H18F3N3O3/c1-2-29-18(27)17(20(21,22)23)15-11-24-16-9-8-13(10-14(15)16)26-19(28)25-12-6-4-3-5-7-12/h3-11,17,24H,2H2,1H3,(H2,25,26,28). The molecule has 3 rings (SSSR count). The Morgan fingerprint density at radius 2 is 1.76 bits per heavy atom. The van der Waals surface area contributed by atoms with Crippen LogP contribution in [-0.2, 0) is 9.53 Å². The van der Waals surface area contributed by atoms with E-state index >= 15 is 0 Å². The average Bonchev–Trinajstić information content (AvgIpc) is 3.04. The lowest BCUT2D eigenvalue weighted by Gasteiger charge is -2.18. The third-order valence-electron chi connectivity index (χ3n) is 4.16. The van der Waals surface area contributed by atoms with Gasteiger partial charge in [-0.3, -0.25) is 4.79 Å². The minimum Gasteiger partial charge on any atom is -0.465 e. The number of ether oxygens (including phenoxy) is 1. The van der Waals surface area contributed by atoms with Gasteiger partial charge in [0.1, 0.15) is 0 Å². The molecule has 9 heteroatoms. The highest BCUT2D eigenvalue weighted by molar-refractivity contribution is 6.01. The number of carbonyl (C=O) groups is 2. The topological polar surface area (TPSA) is 83.2 Å². The molecule has 1 aromatic heterocycles. The maximum absolute atomic E-state index is 13.5. The molecule has 1 heterocycles. The zero-order chi connectivity index (χ0) is 21.0. The molecule has 2 amide bonds. The van der Waals surface area contributed by atoms with Crippen LogP contribution in [0.25, 0.3) is 10.9 Å². The Morgan fingerprint density at radius 3 is 2.41 bits per heavy atom. The Labute approximate surface area is 164 Å². The summed E-state index contributed by atoms with van der Waals surface area (Å²) in [7, 11) is 0. The van der Waals surface area contributed by atoms with Gasteiger partial charge >= 0.3 is 18.2 Å². The summed E-state index contributed by atoms with van der Waals surface area (Å²) in [6.07, 6.45) is -3.69. The second kappa shape index (κ2) is 8.26. The number of H-pyrrole nitrogens is 1. The van der Waals surface area contributed by atoms with Gasteiger partial charge in [-0.05, 0) is 37.3 Å². The number of halogens is 3. The number of benzene rings is 2. The third-order valence-corrected chi connectivity index (χ3v) is 4.16. The Bertz CT molecular complexity index is 1020. The van der Waals surface area contributed by atoms with Gasteiger partial charge in [0.25, 0.3) is 0 Å². The van der Waals surface area contributed by atoms with E-state index in [2.05, 4.69) is 20.4 Å². The van der Waals surface area contributed by atoms with Crippen molar-refractivity contribution in [3.05, 3.63) is 60.3 Å². The van der Waals surface area contributed by atoms with E-state index in [9.17, 15) is 22.8 Å². The van der Waals surface area contributed by atoms with Crippen molar-refractivity contribution in [1.82, 2.24) is 4.98 Å². The molecule has 0 radical (unpaired) electrons. The first kappa shape index (κ1) is 20.2. The quantitative estimate of drug-likeness (QED) is 0.521. The summed E-state index contributed by atoms with van der Waals surface area (Å²) in [4.78, 5) is 26.8. The van der Waals surface area contributed by atoms with E-state index in [1.807, 2.05) is 0 Å². The van der Waals surface area contributed by atoms with Crippen molar-refractivity contribution < 1.29 is 27.5 Å². The van der Waals surface area contributed by atoms with Crippen molar-refractivity contribution in [2.45, 2.75) is 19.0 Å². The van der Waals surface area contributed by atoms with Gasteiger partial charge < -0.3 is 20.4 Å². The molecule has 1 atom stereocenters. The molecular formula is C20H18F3N3O3. The lowest BCUT2D eigenvalue weighted by molar-refractivity contribution is -0.180. The molecular weight excluding hydrogens is 387 g/mol. The van der Waals surface area contributed by atoms with E-state index in [4.69, 9.17) is 0 Å². The Kier molecular flexibility index (Phi) is 5.76. The van der Waals surface area contributed by atoms with Crippen LogP contribution in [0, 0.1) is 0 Å². The largest absolute Gasteiger partial charge is 0.465 e. The smallest absolute Gasteiger partial charge is 0.406 e. The minimum atomic E-state index is -4.82. The second-order valence-electron chi connectivity index (χ2n) is 6.18. The number of nitrogens with one attached hydrogen (secondary N) is 3. The number of amides is 2. The van der Waals surface area contributed by atoms with Crippen molar-refractivity contribution in [2.75, 3.05) is 17.2 Å². The van der Waals surface area contributed by atoms with Crippen molar-refractivity contribution in [3.63, 3.8) is 0 Å². The number of hydrogen-bond acceptors (Lipinski definition) is 3. The molecule has 152 valence electrons. The summed E-state index contributed by atoms with van der Waals surface area (Å²) < 4.78 is 45.2. The van der Waals surface area contributed by atoms with Crippen molar-refractivity contribution in [3.8, 4) is 0 Å². The Morgan fingerprint density at radius 1 is 1.07 bits per heavy atom. The van der Waals surface area contributed by atoms with E-state index < -0.39 is 24.1 Å². The highest BCUT2D eigenvalue weighted by atomic mass is 19.4. The molecule has 0 saturated carbocycles. The van der Waals surface area contributed by atoms with Crippen LogP contribution in [0.3, 0.4) is 0 Å². The lowest BCUT2D eigenvalue weighted by Crippen LogP contribution is -2.30. The fraction of sp³-hybridized carbons (Fsp3) is 0.200. The molecule has 0 fully saturated rings. The number of para-hydroxylation sites is 1. The fourth-order valence-electron chi connectivity index (χ4n) is 2.94. The van der Waals surface area contributed by atoms with E-state index in [0.29, 0.717) is 11.2 Å². The molecule has 29 heavy (non-hydrogen) atoms. The first-order chi connectivity index (χ1) is 13.8. The number of hydrogen-bond donors (Lipinski definition) is 3. The summed E-state index contributed by atoms with van der Waals surface area (Å²) in [5.74, 6) is -3.80. The summed E-state index contributed by atoms with van der Waals surface area (Å²) in [5.41, 5.74) is 0.968. The number of rotatable bonds is 5. The highest BCUT2D eigenvalue weighted by Crippen LogP contribution is 2.39. The SMILES string of the molecule is CCOC(=O)C(c1c[nH]c2ccc(NC(=O)Nc3ccccc3)cc12)C(F)(F)F. The number of anilines is 2. The van der Waals surface area contributed by atoms with Crippen LogP contribution in [0.5, 0.6) is 0 Å². The van der Waals surface area contributed by atoms with Crippen LogP contribution in [0.4, 0.5) is 29.3 Å². The predicted octanol–water partition coefficient (Wildman–Crippen LogP) is 5.02. The summed E-state index contributed by atoms with van der Waals surface area (Å²) in [5, 5.41) is 5.35. The van der Waals surface area contributed by atoms with E-state index in [0.717, 1.165) is 6.20 Å². The minimum absolute atomic E-state index is 0.165. The van der Waals surface area contributed by atoms with Crippen LogP contribution in [0.15, 0.2) is 54.7 Å². The predicted molar refractivity (Wildman–Crippen MR) is 103 cm³/mol. The molecule has 0 spiro atoms. The van der Waals surface area contributed by atoms with Crippen LogP contribution in [0.1, 0.15) is 18.4 Å². The monoisotopic (exact) mass is 405 g/mol. The van der Waals surface area contributed by atoms with E-state index in [-0.39, 0.29) is 23.2 Å². The van der Waals surface area contributed by atoms with Crippen LogP contribution in [0.2, 0.25) is 0 Å². The first-order valence-corrected chi connectivity index (χ1v) is 8.77. The number of urea groups is 1. The molecule has 2 aromatic carbocycles. The Balaban J connectivity index is 1.89. The number of fused-ring (bicyclic) bond motifs is 1. The van der Waals surface area contributed by atoms with Gasteiger partial charge in [0.2, 0.25) is 0 Å². The molecule has 6 nitrogen and oxygen atoms in total.